The number of hydroxylamine groups is 2. The average Bonchev–Trinajstić information content (AvgIpc) is 2.92. The molecule has 2 aliphatic rings. The van der Waals surface area contributed by atoms with Gasteiger partial charge in [-0.15, -0.1) is 5.06 Å². The van der Waals surface area contributed by atoms with Gasteiger partial charge in [-0.1, -0.05) is 0 Å². The fourth-order valence-corrected chi connectivity index (χ4v) is 3.28. The molecule has 0 unspecified atom stereocenters. The molecule has 10 nitrogen and oxygen atoms in total. The largest absolute Gasteiger partial charge is 0.368 e. The van der Waals surface area contributed by atoms with Crippen LogP contribution in [0.25, 0.3) is 0 Å². The molecule has 10 heteroatoms. The molecule has 4 rings (SSSR count). The maximum Gasteiger partial charge on any atom is 0.287 e. The molecule has 0 aliphatic carbocycles. The van der Waals surface area contributed by atoms with Crippen molar-refractivity contribution in [2.24, 2.45) is 0 Å². The Morgan fingerprint density at radius 3 is 2.26 bits per heavy atom. The summed E-state index contributed by atoms with van der Waals surface area (Å²) in [6.45, 7) is 2.62. The van der Waals surface area contributed by atoms with Gasteiger partial charge in [-0.05, 0) is 24.3 Å². The van der Waals surface area contributed by atoms with Crippen molar-refractivity contribution in [3.8, 4) is 0 Å². The number of hydrogen-bond acceptors (Lipinski definition) is 8. The van der Waals surface area contributed by atoms with E-state index in [1.807, 2.05) is 4.90 Å². The van der Waals surface area contributed by atoms with Crippen molar-refractivity contribution < 1.29 is 19.7 Å². The second-order valence-corrected chi connectivity index (χ2v) is 6.26. The van der Waals surface area contributed by atoms with Crippen molar-refractivity contribution in [3.05, 3.63) is 57.8 Å². The van der Waals surface area contributed by atoms with Crippen LogP contribution in [-0.4, -0.2) is 58.2 Å². The number of rotatable bonds is 3. The number of anilines is 2. The molecule has 0 radical (unpaired) electrons. The van der Waals surface area contributed by atoms with Crippen LogP contribution in [0, 0.1) is 10.1 Å². The standard InChI is InChI=1S/C17H15N5O5/c23-16-13-3-1-11(9-14(13)17(24)21(16)25)19-5-7-20(8-6-19)15-4-2-12(10-18-15)22(26)27/h1-4,9-10,25H,5-8H2. The van der Waals surface area contributed by atoms with Gasteiger partial charge in [0.25, 0.3) is 17.5 Å². The van der Waals surface area contributed by atoms with Crippen LogP contribution in [0.3, 0.4) is 0 Å². The van der Waals surface area contributed by atoms with Gasteiger partial charge in [0.15, 0.2) is 0 Å². The molecule has 0 atom stereocenters. The van der Waals surface area contributed by atoms with E-state index in [9.17, 15) is 24.9 Å². The molecular formula is C17H15N5O5. The van der Waals surface area contributed by atoms with Crippen molar-refractivity contribution in [1.82, 2.24) is 10.0 Å². The van der Waals surface area contributed by atoms with Crippen LogP contribution in [0.15, 0.2) is 36.5 Å². The highest BCUT2D eigenvalue weighted by Crippen LogP contribution is 2.27. The fourth-order valence-electron chi connectivity index (χ4n) is 3.28. The van der Waals surface area contributed by atoms with Crippen LogP contribution >= 0.6 is 0 Å². The number of carbonyl (C=O) groups excluding carboxylic acids is 2. The van der Waals surface area contributed by atoms with Gasteiger partial charge < -0.3 is 9.80 Å². The third-order valence-corrected chi connectivity index (χ3v) is 4.76. The van der Waals surface area contributed by atoms with Gasteiger partial charge in [-0.3, -0.25) is 24.9 Å². The van der Waals surface area contributed by atoms with Crippen LogP contribution in [-0.2, 0) is 0 Å². The number of aromatic nitrogens is 1. The molecule has 0 saturated carbocycles. The van der Waals surface area contributed by atoms with Crippen molar-refractivity contribution in [3.63, 3.8) is 0 Å². The van der Waals surface area contributed by atoms with Crippen LogP contribution in [0.2, 0.25) is 0 Å². The number of amides is 2. The first-order valence-electron chi connectivity index (χ1n) is 8.28. The Balaban J connectivity index is 1.46. The van der Waals surface area contributed by atoms with Gasteiger partial charge in [0, 0.05) is 37.9 Å². The predicted molar refractivity (Wildman–Crippen MR) is 94.0 cm³/mol. The Morgan fingerprint density at radius 1 is 0.963 bits per heavy atom. The highest BCUT2D eigenvalue weighted by molar-refractivity contribution is 6.20. The molecule has 138 valence electrons. The van der Waals surface area contributed by atoms with Crippen molar-refractivity contribution >= 4 is 29.0 Å². The summed E-state index contributed by atoms with van der Waals surface area (Å²) < 4.78 is 0. The second-order valence-electron chi connectivity index (χ2n) is 6.26. The SMILES string of the molecule is O=C1c2ccc(N3CCN(c4ccc([N+](=O)[O-])cn4)CC3)cc2C(=O)N1O. The van der Waals surface area contributed by atoms with E-state index in [4.69, 9.17) is 0 Å². The summed E-state index contributed by atoms with van der Waals surface area (Å²) >= 11 is 0. The Bertz CT molecular complexity index is 937. The minimum Gasteiger partial charge on any atom is -0.368 e. The number of pyridine rings is 1. The van der Waals surface area contributed by atoms with Gasteiger partial charge in [0.05, 0.1) is 16.1 Å². The summed E-state index contributed by atoms with van der Waals surface area (Å²) in [6, 6.07) is 7.97. The molecule has 0 bridgehead atoms. The van der Waals surface area contributed by atoms with E-state index in [-0.39, 0.29) is 21.9 Å². The van der Waals surface area contributed by atoms with E-state index in [1.165, 1.54) is 12.3 Å². The lowest BCUT2D eigenvalue weighted by molar-refractivity contribution is -0.385. The Kier molecular flexibility index (Phi) is 3.96. The Morgan fingerprint density at radius 2 is 1.63 bits per heavy atom. The highest BCUT2D eigenvalue weighted by atomic mass is 16.6. The normalized spacial score (nSPS) is 16.7. The summed E-state index contributed by atoms with van der Waals surface area (Å²) in [6.07, 6.45) is 1.24. The lowest BCUT2D eigenvalue weighted by atomic mass is 10.1. The quantitative estimate of drug-likeness (QED) is 0.372. The average molecular weight is 369 g/mol. The number of carbonyl (C=O) groups is 2. The molecule has 1 aromatic carbocycles. The molecule has 2 aliphatic heterocycles. The minimum absolute atomic E-state index is 0.0485. The number of benzene rings is 1. The van der Waals surface area contributed by atoms with Gasteiger partial charge >= 0.3 is 0 Å². The third kappa shape index (κ3) is 2.85. The number of hydrogen-bond donors (Lipinski definition) is 1. The molecule has 1 N–H and O–H groups in total. The minimum atomic E-state index is -0.717. The van der Waals surface area contributed by atoms with E-state index in [0.717, 1.165) is 5.69 Å². The van der Waals surface area contributed by atoms with Crippen LogP contribution in [0.4, 0.5) is 17.2 Å². The summed E-state index contributed by atoms with van der Waals surface area (Å²) in [7, 11) is 0. The van der Waals surface area contributed by atoms with Crippen molar-refractivity contribution in [1.29, 1.82) is 0 Å². The molecule has 2 aromatic rings. The van der Waals surface area contributed by atoms with E-state index >= 15 is 0 Å². The van der Waals surface area contributed by atoms with Crippen LogP contribution in [0.5, 0.6) is 0 Å². The molecule has 3 heterocycles. The fraction of sp³-hybridized carbons (Fsp3) is 0.235. The topological polar surface area (TPSA) is 120 Å². The smallest absolute Gasteiger partial charge is 0.287 e. The number of fused-ring (bicyclic) bond motifs is 1. The molecule has 27 heavy (non-hydrogen) atoms. The molecular weight excluding hydrogens is 354 g/mol. The first-order chi connectivity index (χ1) is 13.0. The van der Waals surface area contributed by atoms with Gasteiger partial charge in [-0.25, -0.2) is 4.98 Å². The third-order valence-electron chi connectivity index (χ3n) is 4.76. The van der Waals surface area contributed by atoms with E-state index < -0.39 is 16.7 Å². The molecule has 2 amide bonds. The molecule has 1 aromatic heterocycles. The van der Waals surface area contributed by atoms with Gasteiger partial charge in [0.2, 0.25) is 0 Å². The second kappa shape index (κ2) is 6.32. The van der Waals surface area contributed by atoms with Gasteiger partial charge in [0.1, 0.15) is 12.0 Å². The zero-order valence-electron chi connectivity index (χ0n) is 14.1. The number of imide groups is 1. The Hall–Kier alpha value is -3.53. The monoisotopic (exact) mass is 369 g/mol. The maximum atomic E-state index is 11.9. The summed E-state index contributed by atoms with van der Waals surface area (Å²) in [5.74, 6) is -0.757. The summed E-state index contributed by atoms with van der Waals surface area (Å²) in [5.41, 5.74) is 1.13. The van der Waals surface area contributed by atoms with Crippen molar-refractivity contribution in [2.45, 2.75) is 0 Å². The lowest BCUT2D eigenvalue weighted by Gasteiger charge is -2.36. The van der Waals surface area contributed by atoms with E-state index in [1.54, 1.807) is 24.3 Å². The lowest BCUT2D eigenvalue weighted by Crippen LogP contribution is -2.46. The van der Waals surface area contributed by atoms with E-state index in [2.05, 4.69) is 9.88 Å². The zero-order chi connectivity index (χ0) is 19.1. The molecule has 1 saturated heterocycles. The number of nitrogens with zero attached hydrogens (tertiary/aromatic N) is 5. The summed E-state index contributed by atoms with van der Waals surface area (Å²) in [4.78, 5) is 42.1. The van der Waals surface area contributed by atoms with E-state index in [0.29, 0.717) is 32.0 Å². The molecule has 1 fully saturated rings. The number of nitro groups is 1. The number of piperazine rings is 1. The van der Waals surface area contributed by atoms with Gasteiger partial charge in [-0.2, -0.15) is 0 Å². The molecule has 0 spiro atoms. The first kappa shape index (κ1) is 16.9. The van der Waals surface area contributed by atoms with Crippen LogP contribution < -0.4 is 9.80 Å². The first-order valence-corrected chi connectivity index (χ1v) is 8.28. The Labute approximate surface area is 153 Å². The van der Waals surface area contributed by atoms with Crippen LogP contribution in [0.1, 0.15) is 20.7 Å². The zero-order valence-corrected chi connectivity index (χ0v) is 14.1. The predicted octanol–water partition coefficient (Wildman–Crippen LogP) is 1.30. The summed E-state index contributed by atoms with van der Waals surface area (Å²) in [5, 5.41) is 20.3. The highest BCUT2D eigenvalue weighted by Gasteiger charge is 2.35. The van der Waals surface area contributed by atoms with Crippen molar-refractivity contribution in [2.75, 3.05) is 36.0 Å². The maximum absolute atomic E-state index is 11.9.